The summed E-state index contributed by atoms with van der Waals surface area (Å²) in [6.07, 6.45) is 23.8. The monoisotopic (exact) mass is 2500 g/mol. The first kappa shape index (κ1) is 100. The van der Waals surface area contributed by atoms with Crippen molar-refractivity contribution in [1.82, 2.24) is 91.5 Å². The molecule has 7 aromatic carbocycles. The average molecular weight is 2500 g/mol. The fourth-order valence-electron chi connectivity index (χ4n) is 14.9. The largest absolute Gasteiger partial charge is 0.512 e. The molecule has 1 N–H and O–H groups in total. The number of carbonyl (C=O) groups is 1. The summed E-state index contributed by atoms with van der Waals surface area (Å²) in [5, 5.41) is 87.2. The van der Waals surface area contributed by atoms with Crippen molar-refractivity contribution in [2.24, 2.45) is 11.8 Å². The Labute approximate surface area is 829 Å². The van der Waals surface area contributed by atoms with Gasteiger partial charge in [-0.3, -0.25) is 4.79 Å². The molecule has 10 aromatic heterocycles. The molecule has 10 heterocycles. The molecule has 0 saturated heterocycles. The van der Waals surface area contributed by atoms with Crippen molar-refractivity contribution in [1.29, 1.82) is 0 Å². The van der Waals surface area contributed by atoms with Gasteiger partial charge in [-0.05, 0) is 139 Å². The smallest absolute Gasteiger partial charge is 0.211 e. The van der Waals surface area contributed by atoms with E-state index in [-0.39, 0.29) is 104 Å². The maximum atomic E-state index is 11.0. The zero-order valence-corrected chi connectivity index (χ0v) is 85.2. The van der Waals surface area contributed by atoms with Crippen LogP contribution >= 0.6 is 45.3 Å². The van der Waals surface area contributed by atoms with Crippen LogP contribution < -0.4 is 0 Å². The van der Waals surface area contributed by atoms with E-state index in [0.29, 0.717) is 52.5 Å². The molecule has 0 fully saturated rings. The molecule has 0 amide bonds. The van der Waals surface area contributed by atoms with Gasteiger partial charge in [0, 0.05) is 122 Å². The van der Waals surface area contributed by atoms with Crippen LogP contribution in [0.25, 0.3) is 122 Å². The Hall–Kier alpha value is -10.5. The molecule has 0 unspecified atom stereocenters. The predicted molar refractivity (Wildman–Crippen MR) is 501 cm³/mol. The SMILES string of the molecule is CC(C)C(=O)C=C(O)C(C)C.CC(C)c1ccnc(-c2[c-]ccc3ccccc23)c1.[Ir].[Ir].[Ir].[Ir].[c-]1ccc2c(c1-c1nnc(-c3cccc4c3CCCC4)nn1)CCCC2.[c-]1ccc2c(c1-c1nnc(-c3cccc4c3CCCC4)nn1)CCCC2.[c-]1ccccc1-c1ccccn1.[c-]1ccsc1-c1nnc(-c2cccs2)nn1.[c-]1ccsc1-c1nnc(-c2cccs2)nn1. The molecule has 4 aliphatic rings. The van der Waals surface area contributed by atoms with Crippen LogP contribution in [0, 0.1) is 48.2 Å². The molecule has 668 valence electrons. The first-order chi connectivity index (χ1) is 61.8. The number of ketones is 1. The molecule has 21 rings (SSSR count). The molecule has 0 bridgehead atoms. The maximum absolute atomic E-state index is 11.0. The number of carbonyl (C=O) groups excluding carboxylic acids is 1. The van der Waals surface area contributed by atoms with Crippen LogP contribution in [0.15, 0.2) is 234 Å². The van der Waals surface area contributed by atoms with Gasteiger partial charge in [-0.25, -0.2) is 22.7 Å². The van der Waals surface area contributed by atoms with Gasteiger partial charge >= 0.3 is 0 Å². The Morgan fingerprint density at radius 2 is 0.785 bits per heavy atom. The Kier molecular flexibility index (Phi) is 39.1. The van der Waals surface area contributed by atoms with Crippen molar-refractivity contribution >= 4 is 61.9 Å². The minimum atomic E-state index is -0.0316. The van der Waals surface area contributed by atoms with Gasteiger partial charge in [0.15, 0.2) is 5.78 Å². The fourth-order valence-corrected chi connectivity index (χ4v) is 17.4. The van der Waals surface area contributed by atoms with Gasteiger partial charge in [-0.1, -0.05) is 203 Å². The number of aliphatic hydroxyl groups is 1. The summed E-state index contributed by atoms with van der Waals surface area (Å²) in [7, 11) is 0. The average Bonchev–Trinajstić information content (AvgIpc) is 1.11. The van der Waals surface area contributed by atoms with Crippen LogP contribution in [0.4, 0.5) is 0 Å². The van der Waals surface area contributed by atoms with E-state index in [0.717, 1.165) is 116 Å². The standard InChI is InChI=1S/2C22H21N4.C18H16N.C11H8N.2C10H5N4S2.C9H16O2.4Ir/c2*1-3-11-17-15(7-1)9-5-13-19(17)21-23-25-22(26-24-21)20-14-6-10-16-8-2-4-12-18(16)20;1-13(2)15-10-11-19-18(12-15)17-9-5-7-14-6-3-4-8-16(14)17;1-2-6-10(7-3-1)11-8-4-5-9-12-11;2*1-3-7(15-5-1)9-11-13-10(14-12-9)8-4-2-6-16-8;1-6(2)8(10)5-9(11)7(3)4;;;;/h2*5-6,9-10,13H,1-4,7-8,11-12H2;3-8,10-13H,1-2H3;1-6,8-9H;2*1-3,5-6H;5-7,10H,1-4H3;;;;/q6*-1;;;;;. The summed E-state index contributed by atoms with van der Waals surface area (Å²) in [4.78, 5) is 23.4. The van der Waals surface area contributed by atoms with Crippen LogP contribution in [-0.2, 0) is 137 Å². The molecule has 0 aliphatic heterocycles. The summed E-state index contributed by atoms with van der Waals surface area (Å²) in [5.74, 6) is 5.31. The third-order valence-corrected chi connectivity index (χ3v) is 25.0. The van der Waals surface area contributed by atoms with Crippen LogP contribution in [0.3, 0.4) is 0 Å². The van der Waals surface area contributed by atoms with Gasteiger partial charge < -0.3 is 15.1 Å². The van der Waals surface area contributed by atoms with Gasteiger partial charge in [0.05, 0.1) is 15.5 Å². The minimum Gasteiger partial charge on any atom is -0.512 e. The van der Waals surface area contributed by atoms with Crippen molar-refractivity contribution in [2.75, 3.05) is 0 Å². The predicted octanol–water partition coefficient (Wildman–Crippen LogP) is 23.0. The second-order valence-electron chi connectivity index (χ2n) is 31.2. The molecule has 20 nitrogen and oxygen atoms in total. The van der Waals surface area contributed by atoms with E-state index in [1.54, 1.807) is 28.9 Å². The molecule has 130 heavy (non-hydrogen) atoms. The maximum Gasteiger partial charge on any atom is 0.211 e. The summed E-state index contributed by atoms with van der Waals surface area (Å²) >= 11 is 6.18. The van der Waals surface area contributed by atoms with Gasteiger partial charge in [0.1, 0.15) is 23.3 Å². The van der Waals surface area contributed by atoms with Crippen LogP contribution in [0.2, 0.25) is 0 Å². The first-order valence-electron chi connectivity index (χ1n) is 42.6. The molecular formula is C102H92Ir4N18O2S4-6. The number of fused-ring (bicyclic) bond motifs is 5. The third-order valence-electron chi connectivity index (χ3n) is 21.6. The second-order valence-corrected chi connectivity index (χ2v) is 34.9. The normalized spacial score (nSPS) is 12.6. The molecule has 4 radical (unpaired) electrons. The van der Waals surface area contributed by atoms with Crippen molar-refractivity contribution in [3.8, 4) is 111 Å². The summed E-state index contributed by atoms with van der Waals surface area (Å²) < 4.78 is 0. The minimum absolute atomic E-state index is 0. The van der Waals surface area contributed by atoms with Crippen molar-refractivity contribution < 1.29 is 90.3 Å². The van der Waals surface area contributed by atoms with Gasteiger partial charge in [0.2, 0.25) is 23.3 Å². The molecule has 4 aliphatic carbocycles. The number of aromatic nitrogens is 18. The number of rotatable bonds is 14. The summed E-state index contributed by atoms with van der Waals surface area (Å²) in [5.41, 5.74) is 20.6. The quantitative estimate of drug-likeness (QED) is 0.0602. The topological polar surface area (TPSA) is 269 Å². The molecule has 28 heteroatoms. The van der Waals surface area contributed by atoms with Gasteiger partial charge in [-0.15, -0.1) is 198 Å². The van der Waals surface area contributed by atoms with E-state index in [1.165, 1.54) is 141 Å². The summed E-state index contributed by atoms with van der Waals surface area (Å²) in [6, 6.07) is 82.1. The Morgan fingerprint density at radius 1 is 0.346 bits per heavy atom. The molecule has 0 atom stereocenters. The van der Waals surface area contributed by atoms with Crippen molar-refractivity contribution in [3.05, 3.63) is 320 Å². The number of pyridine rings is 2. The zero-order valence-electron chi connectivity index (χ0n) is 72.4. The fraction of sp³-hybridized carbons (Fsp3) is 0.245. The van der Waals surface area contributed by atoms with Crippen molar-refractivity contribution in [2.45, 2.75) is 150 Å². The van der Waals surface area contributed by atoms with E-state index in [1.807, 2.05) is 152 Å². The number of aryl methyl sites for hydroxylation is 4. The van der Waals surface area contributed by atoms with E-state index >= 15 is 0 Å². The molecular weight excluding hydrogens is 2410 g/mol. The number of hydrogen-bond acceptors (Lipinski definition) is 24. The molecule has 0 saturated carbocycles. The van der Waals surface area contributed by atoms with E-state index in [4.69, 9.17) is 0 Å². The van der Waals surface area contributed by atoms with Crippen LogP contribution in [-0.4, -0.2) is 102 Å². The van der Waals surface area contributed by atoms with Crippen molar-refractivity contribution in [3.63, 3.8) is 0 Å². The van der Waals surface area contributed by atoms with E-state index in [2.05, 4.69) is 233 Å². The molecule has 0 spiro atoms. The van der Waals surface area contributed by atoms with Gasteiger partial charge in [-0.2, -0.15) is 65.1 Å². The number of allylic oxidation sites excluding steroid dienone is 2. The Morgan fingerprint density at radius 3 is 1.23 bits per heavy atom. The van der Waals surface area contributed by atoms with E-state index in [9.17, 15) is 9.90 Å². The number of hydrogen-bond donors (Lipinski definition) is 1. The third kappa shape index (κ3) is 26.7. The second kappa shape index (κ2) is 50.8. The summed E-state index contributed by atoms with van der Waals surface area (Å²) in [6.45, 7) is 11.7. The number of aliphatic hydroxyl groups excluding tert-OH is 1. The van der Waals surface area contributed by atoms with E-state index < -0.39 is 0 Å². The van der Waals surface area contributed by atoms with Crippen LogP contribution in [0.1, 0.15) is 149 Å². The Bertz CT molecular complexity index is 5800. The number of nitrogens with zero attached hydrogens (tertiary/aromatic N) is 18. The number of benzene rings is 7. The number of thiophene rings is 4. The molecule has 17 aromatic rings. The van der Waals surface area contributed by atoms with Gasteiger partial charge in [0.25, 0.3) is 0 Å². The Balaban J connectivity index is 0.000000149. The van der Waals surface area contributed by atoms with Crippen LogP contribution in [0.5, 0.6) is 0 Å². The first-order valence-corrected chi connectivity index (χ1v) is 46.1. The zero-order chi connectivity index (χ0) is 86.8.